The van der Waals surface area contributed by atoms with Gasteiger partial charge in [-0.1, -0.05) is 41.4 Å². The van der Waals surface area contributed by atoms with E-state index in [0.29, 0.717) is 16.6 Å². The van der Waals surface area contributed by atoms with Gasteiger partial charge in [0.15, 0.2) is 11.6 Å². The molecule has 2 aromatic heterocycles. The van der Waals surface area contributed by atoms with E-state index in [1.807, 2.05) is 54.6 Å². The van der Waals surface area contributed by atoms with Crippen molar-refractivity contribution in [3.63, 3.8) is 0 Å². The molecule has 0 bridgehead atoms. The zero-order chi connectivity index (χ0) is 15.8. The van der Waals surface area contributed by atoms with Crippen LogP contribution in [0.15, 0.2) is 65.3 Å². The maximum atomic E-state index is 6.14. The van der Waals surface area contributed by atoms with E-state index < -0.39 is 0 Å². The molecule has 0 saturated carbocycles. The molecule has 2 aromatic carbocycles. The van der Waals surface area contributed by atoms with Gasteiger partial charge in [-0.3, -0.25) is 0 Å². The Morgan fingerprint density at radius 1 is 0.957 bits per heavy atom. The normalized spacial score (nSPS) is 11.2. The predicted octanol–water partition coefficient (Wildman–Crippen LogP) is 5.65. The molecule has 5 heteroatoms. The first-order valence-electron chi connectivity index (χ1n) is 7.15. The van der Waals surface area contributed by atoms with Gasteiger partial charge in [-0.25, -0.2) is 4.98 Å². The van der Waals surface area contributed by atoms with E-state index in [-0.39, 0.29) is 0 Å². The van der Waals surface area contributed by atoms with Crippen molar-refractivity contribution in [1.82, 2.24) is 9.55 Å². The number of furan rings is 1. The van der Waals surface area contributed by atoms with E-state index in [4.69, 9.17) is 32.6 Å². The van der Waals surface area contributed by atoms with Crippen molar-refractivity contribution in [2.75, 3.05) is 0 Å². The number of hydrogen-bond donors (Lipinski definition) is 0. The molecule has 0 spiro atoms. The van der Waals surface area contributed by atoms with Crippen LogP contribution in [-0.2, 0) is 6.54 Å². The van der Waals surface area contributed by atoms with Crippen LogP contribution in [0.2, 0.25) is 10.0 Å². The predicted molar refractivity (Wildman–Crippen MR) is 93.0 cm³/mol. The van der Waals surface area contributed by atoms with E-state index in [2.05, 4.69) is 4.57 Å². The standard InChI is InChI=1S/C18H12Cl2N2O/c19-13-8-7-12(10-14(13)20)11-22-16-5-2-1-4-15(16)21-18(22)17-6-3-9-23-17/h1-10H,11H2. The maximum Gasteiger partial charge on any atom is 0.177 e. The van der Waals surface area contributed by atoms with Gasteiger partial charge < -0.3 is 8.98 Å². The molecule has 0 amide bonds. The molecule has 3 nitrogen and oxygen atoms in total. The van der Waals surface area contributed by atoms with Crippen LogP contribution in [0.3, 0.4) is 0 Å². The SMILES string of the molecule is Clc1ccc(Cn2c(-c3ccco3)nc3ccccc32)cc1Cl. The molecular weight excluding hydrogens is 331 g/mol. The third-order valence-electron chi connectivity index (χ3n) is 3.72. The molecule has 0 aliphatic carbocycles. The molecule has 0 radical (unpaired) electrons. The van der Waals surface area contributed by atoms with E-state index in [1.54, 1.807) is 6.26 Å². The monoisotopic (exact) mass is 342 g/mol. The Morgan fingerprint density at radius 3 is 2.61 bits per heavy atom. The van der Waals surface area contributed by atoms with Crippen LogP contribution in [0.5, 0.6) is 0 Å². The van der Waals surface area contributed by atoms with Gasteiger partial charge in [-0.2, -0.15) is 0 Å². The number of fused-ring (bicyclic) bond motifs is 1. The molecule has 0 N–H and O–H groups in total. The molecule has 0 saturated heterocycles. The summed E-state index contributed by atoms with van der Waals surface area (Å²) in [4.78, 5) is 4.70. The molecule has 0 aliphatic rings. The van der Waals surface area contributed by atoms with Crippen LogP contribution in [-0.4, -0.2) is 9.55 Å². The minimum absolute atomic E-state index is 0.549. The molecule has 4 aromatic rings. The van der Waals surface area contributed by atoms with Gasteiger partial charge in [-0.05, 0) is 42.0 Å². The zero-order valence-corrected chi connectivity index (χ0v) is 13.6. The Morgan fingerprint density at radius 2 is 1.83 bits per heavy atom. The van der Waals surface area contributed by atoms with Gasteiger partial charge in [0.1, 0.15) is 0 Å². The van der Waals surface area contributed by atoms with Crippen LogP contribution in [0.4, 0.5) is 0 Å². The summed E-state index contributed by atoms with van der Waals surface area (Å²) in [6.45, 7) is 0.632. The number of nitrogens with zero attached hydrogens (tertiary/aromatic N) is 2. The third-order valence-corrected chi connectivity index (χ3v) is 4.46. The average molecular weight is 343 g/mol. The van der Waals surface area contributed by atoms with Crippen LogP contribution >= 0.6 is 23.2 Å². The van der Waals surface area contributed by atoms with Crippen LogP contribution in [0, 0.1) is 0 Å². The van der Waals surface area contributed by atoms with Crippen LogP contribution in [0.25, 0.3) is 22.6 Å². The smallest absolute Gasteiger partial charge is 0.177 e. The number of halogens is 2. The molecule has 0 aliphatic heterocycles. The number of benzene rings is 2. The molecule has 0 unspecified atom stereocenters. The molecule has 0 fully saturated rings. The fraction of sp³-hybridized carbons (Fsp3) is 0.0556. The van der Waals surface area contributed by atoms with Crippen molar-refractivity contribution in [1.29, 1.82) is 0 Å². The highest BCUT2D eigenvalue weighted by Crippen LogP contribution is 2.28. The lowest BCUT2D eigenvalue weighted by atomic mass is 10.2. The molecule has 23 heavy (non-hydrogen) atoms. The highest BCUT2D eigenvalue weighted by atomic mass is 35.5. The van der Waals surface area contributed by atoms with Crippen molar-refractivity contribution in [3.8, 4) is 11.6 Å². The number of imidazole rings is 1. The lowest BCUT2D eigenvalue weighted by Gasteiger charge is -2.09. The lowest BCUT2D eigenvalue weighted by Crippen LogP contribution is -2.02. The minimum Gasteiger partial charge on any atom is -0.461 e. The Bertz CT molecular complexity index is 974. The third kappa shape index (κ3) is 2.62. The van der Waals surface area contributed by atoms with E-state index >= 15 is 0 Å². The summed E-state index contributed by atoms with van der Waals surface area (Å²) < 4.78 is 7.66. The summed E-state index contributed by atoms with van der Waals surface area (Å²) in [5.74, 6) is 1.53. The average Bonchev–Trinajstić information content (AvgIpc) is 3.19. The number of hydrogen-bond acceptors (Lipinski definition) is 2. The van der Waals surface area contributed by atoms with Crippen molar-refractivity contribution in [2.45, 2.75) is 6.54 Å². The summed E-state index contributed by atoms with van der Waals surface area (Å²) in [7, 11) is 0. The highest BCUT2D eigenvalue weighted by Gasteiger charge is 2.15. The molecule has 2 heterocycles. The first-order valence-corrected chi connectivity index (χ1v) is 7.91. The number of rotatable bonds is 3. The number of para-hydroxylation sites is 2. The van der Waals surface area contributed by atoms with E-state index in [0.717, 1.165) is 28.2 Å². The summed E-state index contributed by atoms with van der Waals surface area (Å²) in [5.41, 5.74) is 3.03. The first-order chi connectivity index (χ1) is 11.2. The van der Waals surface area contributed by atoms with Crippen molar-refractivity contribution < 1.29 is 4.42 Å². The highest BCUT2D eigenvalue weighted by molar-refractivity contribution is 6.42. The van der Waals surface area contributed by atoms with Gasteiger partial charge in [0.2, 0.25) is 0 Å². The Balaban J connectivity index is 1.87. The maximum absolute atomic E-state index is 6.14. The van der Waals surface area contributed by atoms with Crippen LogP contribution < -0.4 is 0 Å². The van der Waals surface area contributed by atoms with Gasteiger partial charge in [0.25, 0.3) is 0 Å². The summed E-state index contributed by atoms with van der Waals surface area (Å²) in [6.07, 6.45) is 1.65. The lowest BCUT2D eigenvalue weighted by molar-refractivity contribution is 0.572. The molecule has 114 valence electrons. The molecule has 4 rings (SSSR count). The van der Waals surface area contributed by atoms with Crippen molar-refractivity contribution in [3.05, 3.63) is 76.5 Å². The van der Waals surface area contributed by atoms with Gasteiger partial charge in [-0.15, -0.1) is 0 Å². The zero-order valence-electron chi connectivity index (χ0n) is 12.0. The second-order valence-corrected chi connectivity index (χ2v) is 6.05. The fourth-order valence-corrected chi connectivity index (χ4v) is 2.97. The summed E-state index contributed by atoms with van der Waals surface area (Å²) in [5, 5.41) is 1.10. The van der Waals surface area contributed by atoms with E-state index in [1.165, 1.54) is 0 Å². The van der Waals surface area contributed by atoms with E-state index in [9.17, 15) is 0 Å². The summed E-state index contributed by atoms with van der Waals surface area (Å²) >= 11 is 12.1. The van der Waals surface area contributed by atoms with Crippen molar-refractivity contribution in [2.24, 2.45) is 0 Å². The fourth-order valence-electron chi connectivity index (χ4n) is 2.65. The van der Waals surface area contributed by atoms with Gasteiger partial charge >= 0.3 is 0 Å². The topological polar surface area (TPSA) is 31.0 Å². The Kier molecular flexibility index (Phi) is 3.60. The molecule has 0 atom stereocenters. The summed E-state index contributed by atoms with van der Waals surface area (Å²) in [6, 6.07) is 17.4. The Labute approximate surface area is 143 Å². The minimum atomic E-state index is 0.549. The first kappa shape index (κ1) is 14.4. The van der Waals surface area contributed by atoms with Crippen molar-refractivity contribution >= 4 is 34.2 Å². The second kappa shape index (κ2) is 5.76. The second-order valence-electron chi connectivity index (χ2n) is 5.24. The van der Waals surface area contributed by atoms with Gasteiger partial charge in [0.05, 0.1) is 27.3 Å². The Hall–Kier alpha value is -2.23. The number of aromatic nitrogens is 2. The largest absolute Gasteiger partial charge is 0.461 e. The van der Waals surface area contributed by atoms with Crippen LogP contribution in [0.1, 0.15) is 5.56 Å². The quantitative estimate of drug-likeness (QED) is 0.481. The van der Waals surface area contributed by atoms with Gasteiger partial charge in [0, 0.05) is 6.54 Å². The molecular formula is C18H12Cl2N2O.